The summed E-state index contributed by atoms with van der Waals surface area (Å²) in [6.07, 6.45) is 0. The van der Waals surface area contributed by atoms with E-state index >= 15 is 0 Å². The number of hydrogen-bond donors (Lipinski definition) is 1. The van der Waals surface area contributed by atoms with Crippen molar-refractivity contribution in [2.45, 2.75) is 38.3 Å². The Morgan fingerprint density at radius 2 is 1.75 bits per heavy atom. The van der Waals surface area contributed by atoms with Crippen LogP contribution in [0.15, 0.2) is 24.3 Å². The Labute approximate surface area is 101 Å². The van der Waals surface area contributed by atoms with Crippen LogP contribution in [0.25, 0.3) is 0 Å². The average molecular weight is 239 g/mol. The molecule has 0 bridgehead atoms. The molecule has 0 saturated heterocycles. The molecule has 1 aromatic rings. The molecule has 90 valence electrons. The molecule has 0 spiro atoms. The van der Waals surface area contributed by atoms with Crippen LogP contribution in [0.5, 0.6) is 0 Å². The summed E-state index contributed by atoms with van der Waals surface area (Å²) in [6.45, 7) is 6.78. The van der Waals surface area contributed by atoms with Gasteiger partial charge in [0.2, 0.25) is 0 Å². The smallest absolute Gasteiger partial charge is 0.0491 e. The fraction of sp³-hybridized carbons (Fsp3) is 0.538. The van der Waals surface area contributed by atoms with Crippen LogP contribution in [0.3, 0.4) is 0 Å². The van der Waals surface area contributed by atoms with Gasteiger partial charge in [-0.1, -0.05) is 45.0 Å². The van der Waals surface area contributed by atoms with Crippen molar-refractivity contribution in [3.05, 3.63) is 35.4 Å². The second-order valence-corrected chi connectivity index (χ2v) is 6.24. The van der Waals surface area contributed by atoms with Gasteiger partial charge in [-0.2, -0.15) is 0 Å². The number of nitrogens with two attached hydrogens (primary N) is 1. The molecule has 2 nitrogen and oxygen atoms in total. The lowest BCUT2D eigenvalue weighted by atomic mass is 10.1. The highest BCUT2D eigenvalue weighted by Crippen LogP contribution is 2.16. The van der Waals surface area contributed by atoms with Gasteiger partial charge in [0.15, 0.2) is 0 Å². The summed E-state index contributed by atoms with van der Waals surface area (Å²) in [4.78, 5) is 0. The van der Waals surface area contributed by atoms with Crippen LogP contribution in [0.1, 0.15) is 31.9 Å². The van der Waals surface area contributed by atoms with E-state index in [1.807, 2.05) is 31.2 Å². The maximum absolute atomic E-state index is 12.1. The molecule has 2 N–H and O–H groups in total. The molecule has 0 saturated carbocycles. The van der Waals surface area contributed by atoms with Crippen LogP contribution in [0.2, 0.25) is 0 Å². The van der Waals surface area contributed by atoms with Crippen LogP contribution in [0, 0.1) is 5.92 Å². The molecule has 0 aromatic heterocycles. The number of hydrogen-bond acceptors (Lipinski definition) is 2. The van der Waals surface area contributed by atoms with E-state index < -0.39 is 10.8 Å². The molecule has 0 aliphatic rings. The van der Waals surface area contributed by atoms with Crippen molar-refractivity contribution >= 4 is 10.8 Å². The SMILES string of the molecule is CC(C)C(C)S(=O)Cc1ccccc1CN. The van der Waals surface area contributed by atoms with Crippen LogP contribution in [0.4, 0.5) is 0 Å². The van der Waals surface area contributed by atoms with Crippen LogP contribution < -0.4 is 5.73 Å². The minimum absolute atomic E-state index is 0.228. The van der Waals surface area contributed by atoms with Gasteiger partial charge in [0.05, 0.1) is 0 Å². The minimum atomic E-state index is -0.813. The Hall–Kier alpha value is -0.670. The van der Waals surface area contributed by atoms with Crippen molar-refractivity contribution in [3.8, 4) is 0 Å². The summed E-state index contributed by atoms with van der Waals surface area (Å²) in [7, 11) is -0.813. The molecule has 16 heavy (non-hydrogen) atoms. The quantitative estimate of drug-likeness (QED) is 0.857. The van der Waals surface area contributed by atoms with Crippen molar-refractivity contribution < 1.29 is 4.21 Å². The lowest BCUT2D eigenvalue weighted by Crippen LogP contribution is -2.19. The highest BCUT2D eigenvalue weighted by molar-refractivity contribution is 7.84. The van der Waals surface area contributed by atoms with Gasteiger partial charge in [0.1, 0.15) is 0 Å². The van der Waals surface area contributed by atoms with Crippen molar-refractivity contribution in [2.75, 3.05) is 0 Å². The zero-order valence-corrected chi connectivity index (χ0v) is 11.1. The zero-order valence-electron chi connectivity index (χ0n) is 10.3. The number of rotatable bonds is 5. The summed E-state index contributed by atoms with van der Waals surface area (Å²) >= 11 is 0. The van der Waals surface area contributed by atoms with E-state index in [1.54, 1.807) is 0 Å². The summed E-state index contributed by atoms with van der Waals surface area (Å²) in [5.74, 6) is 1.07. The first-order valence-electron chi connectivity index (χ1n) is 5.70. The van der Waals surface area contributed by atoms with Gasteiger partial charge >= 0.3 is 0 Å². The van der Waals surface area contributed by atoms with E-state index in [9.17, 15) is 4.21 Å². The molecule has 2 unspecified atom stereocenters. The first-order valence-corrected chi connectivity index (χ1v) is 7.08. The lowest BCUT2D eigenvalue weighted by Gasteiger charge is -2.16. The summed E-state index contributed by atoms with van der Waals surface area (Å²) in [5.41, 5.74) is 7.89. The van der Waals surface area contributed by atoms with Crippen LogP contribution >= 0.6 is 0 Å². The molecule has 3 heteroatoms. The van der Waals surface area contributed by atoms with E-state index in [4.69, 9.17) is 5.73 Å². The highest BCUT2D eigenvalue weighted by atomic mass is 32.2. The Kier molecular flexibility index (Phi) is 5.16. The molecule has 0 fully saturated rings. The molecule has 0 heterocycles. The standard InChI is InChI=1S/C13H21NOS/c1-10(2)11(3)16(15)9-13-7-5-4-6-12(13)8-14/h4-7,10-11H,8-9,14H2,1-3H3. The normalized spacial score (nSPS) is 15.1. The topological polar surface area (TPSA) is 43.1 Å². The third-order valence-corrected chi connectivity index (χ3v) is 4.96. The molecule has 0 aliphatic heterocycles. The van der Waals surface area contributed by atoms with Gasteiger partial charge in [-0.05, 0) is 17.0 Å². The third-order valence-electron chi connectivity index (χ3n) is 2.99. The van der Waals surface area contributed by atoms with Crippen molar-refractivity contribution in [1.29, 1.82) is 0 Å². The predicted octanol–water partition coefficient (Wildman–Crippen LogP) is 2.44. The van der Waals surface area contributed by atoms with Gasteiger partial charge in [-0.3, -0.25) is 4.21 Å². The molecule has 0 aliphatic carbocycles. The van der Waals surface area contributed by atoms with Gasteiger partial charge in [0, 0.05) is 28.3 Å². The first-order chi connectivity index (χ1) is 7.56. The highest BCUT2D eigenvalue weighted by Gasteiger charge is 2.16. The van der Waals surface area contributed by atoms with Gasteiger partial charge in [0.25, 0.3) is 0 Å². The maximum Gasteiger partial charge on any atom is 0.0491 e. The fourth-order valence-corrected chi connectivity index (χ4v) is 2.94. The van der Waals surface area contributed by atoms with Crippen molar-refractivity contribution in [3.63, 3.8) is 0 Å². The monoisotopic (exact) mass is 239 g/mol. The van der Waals surface area contributed by atoms with Gasteiger partial charge < -0.3 is 5.73 Å². The van der Waals surface area contributed by atoms with E-state index in [1.165, 1.54) is 0 Å². The molecule has 1 aromatic carbocycles. The number of benzene rings is 1. The molecular weight excluding hydrogens is 218 g/mol. The predicted molar refractivity (Wildman–Crippen MR) is 70.5 cm³/mol. The van der Waals surface area contributed by atoms with Crippen molar-refractivity contribution in [1.82, 2.24) is 0 Å². The Balaban J connectivity index is 2.76. The van der Waals surface area contributed by atoms with E-state index in [2.05, 4.69) is 13.8 Å². The Morgan fingerprint density at radius 1 is 1.19 bits per heavy atom. The lowest BCUT2D eigenvalue weighted by molar-refractivity contribution is 0.605. The van der Waals surface area contributed by atoms with Gasteiger partial charge in [-0.15, -0.1) is 0 Å². The Morgan fingerprint density at radius 3 is 2.25 bits per heavy atom. The maximum atomic E-state index is 12.1. The zero-order chi connectivity index (χ0) is 12.1. The van der Waals surface area contributed by atoms with Crippen LogP contribution in [-0.2, 0) is 23.1 Å². The van der Waals surface area contributed by atoms with Gasteiger partial charge in [-0.25, -0.2) is 0 Å². The molecule has 0 radical (unpaired) electrons. The summed E-state index contributed by atoms with van der Waals surface area (Å²) in [5, 5.41) is 0.228. The second kappa shape index (κ2) is 6.16. The molecule has 2 atom stereocenters. The van der Waals surface area contributed by atoms with Crippen molar-refractivity contribution in [2.24, 2.45) is 11.7 Å². The Bertz CT molecular complexity index is 363. The van der Waals surface area contributed by atoms with Crippen LogP contribution in [-0.4, -0.2) is 9.46 Å². The third kappa shape index (κ3) is 3.42. The van der Waals surface area contributed by atoms with E-state index in [-0.39, 0.29) is 5.25 Å². The molecule has 1 rings (SSSR count). The molecule has 0 amide bonds. The second-order valence-electron chi connectivity index (χ2n) is 4.45. The first kappa shape index (κ1) is 13.4. The summed E-state index contributed by atoms with van der Waals surface area (Å²) in [6, 6.07) is 7.98. The van der Waals surface area contributed by atoms with E-state index in [0.29, 0.717) is 18.2 Å². The van der Waals surface area contributed by atoms with E-state index in [0.717, 1.165) is 11.1 Å². The fourth-order valence-electron chi connectivity index (χ4n) is 1.49. The minimum Gasteiger partial charge on any atom is -0.326 e. The average Bonchev–Trinajstić information content (AvgIpc) is 2.28. The summed E-state index contributed by atoms with van der Waals surface area (Å²) < 4.78 is 12.1. The molecular formula is C13H21NOS. The largest absolute Gasteiger partial charge is 0.326 e.